The molecule has 1 aromatic carbocycles. The minimum Gasteiger partial charge on any atom is -0.488 e. The number of nitrogens with one attached hydrogen (secondary N) is 2. The van der Waals surface area contributed by atoms with Crippen LogP contribution in [-0.2, 0) is 6.54 Å². The van der Waals surface area contributed by atoms with Crippen molar-refractivity contribution in [3.63, 3.8) is 0 Å². The lowest BCUT2D eigenvalue weighted by Crippen LogP contribution is -2.37. The second kappa shape index (κ2) is 14.0. The molecule has 0 saturated heterocycles. The predicted molar refractivity (Wildman–Crippen MR) is 127 cm³/mol. The van der Waals surface area contributed by atoms with Gasteiger partial charge in [0.05, 0.1) is 0 Å². The third-order valence-corrected chi connectivity index (χ3v) is 4.15. The Kier molecular flexibility index (Phi) is 13.5. The number of benzene rings is 1. The molecule has 0 fully saturated rings. The molecular weight excluding hydrogens is 451 g/mol. The van der Waals surface area contributed by atoms with E-state index >= 15 is 0 Å². The lowest BCUT2D eigenvalue weighted by Gasteiger charge is -2.23. The molecule has 0 heterocycles. The Morgan fingerprint density at radius 1 is 1.07 bits per heavy atom. The Morgan fingerprint density at radius 2 is 1.74 bits per heavy atom. The van der Waals surface area contributed by atoms with Crippen molar-refractivity contribution in [3.05, 3.63) is 29.8 Å². The van der Waals surface area contributed by atoms with E-state index in [-0.39, 0.29) is 29.6 Å². The van der Waals surface area contributed by atoms with Crippen LogP contribution in [0, 0.1) is 0 Å². The number of aliphatic imine (C=N–C) groups is 1. The Hall–Kier alpha value is -1.02. The van der Waals surface area contributed by atoms with E-state index in [1.807, 2.05) is 25.2 Å². The Morgan fingerprint density at radius 3 is 2.33 bits per heavy atom. The van der Waals surface area contributed by atoms with Gasteiger partial charge in [-0.1, -0.05) is 32.0 Å². The normalized spacial score (nSPS) is 11.9. The molecule has 156 valence electrons. The van der Waals surface area contributed by atoms with Crippen LogP contribution in [0.2, 0.25) is 0 Å². The molecule has 0 aliphatic carbocycles. The maximum Gasteiger partial charge on any atom is 0.191 e. The molecule has 0 unspecified atom stereocenters. The molecule has 27 heavy (non-hydrogen) atoms. The molecule has 2 N–H and O–H groups in total. The number of unbranched alkanes of at least 4 members (excludes halogenated alkanes) is 1. The molecule has 6 heteroatoms. The van der Waals surface area contributed by atoms with Crippen LogP contribution in [0.1, 0.15) is 53.0 Å². The van der Waals surface area contributed by atoms with Gasteiger partial charge in [-0.05, 0) is 59.3 Å². The first-order valence-electron chi connectivity index (χ1n) is 9.83. The minimum atomic E-state index is -0.207. The van der Waals surface area contributed by atoms with E-state index in [4.69, 9.17) is 4.74 Å². The van der Waals surface area contributed by atoms with E-state index in [9.17, 15) is 0 Å². The van der Waals surface area contributed by atoms with Gasteiger partial charge < -0.3 is 20.3 Å². The zero-order valence-corrected chi connectivity index (χ0v) is 20.3. The SMILES string of the molecule is CCN(CC)CCCCNC(=NC)NCc1ccccc1OC(C)(C)C.I. The van der Waals surface area contributed by atoms with Crippen LogP contribution in [0.4, 0.5) is 0 Å². The second-order valence-corrected chi connectivity index (χ2v) is 7.41. The van der Waals surface area contributed by atoms with E-state index in [0.29, 0.717) is 6.54 Å². The molecule has 0 bridgehead atoms. The number of guanidine groups is 1. The van der Waals surface area contributed by atoms with Crippen LogP contribution >= 0.6 is 24.0 Å². The fourth-order valence-electron chi connectivity index (χ4n) is 2.69. The van der Waals surface area contributed by atoms with Crippen molar-refractivity contribution in [2.75, 3.05) is 33.2 Å². The van der Waals surface area contributed by atoms with Gasteiger partial charge in [-0.2, -0.15) is 0 Å². The lowest BCUT2D eigenvalue weighted by atomic mass is 10.1. The largest absolute Gasteiger partial charge is 0.488 e. The highest BCUT2D eigenvalue weighted by Gasteiger charge is 2.14. The summed E-state index contributed by atoms with van der Waals surface area (Å²) in [5, 5.41) is 6.78. The van der Waals surface area contributed by atoms with Gasteiger partial charge in [0.1, 0.15) is 11.4 Å². The summed E-state index contributed by atoms with van der Waals surface area (Å²) in [4.78, 5) is 6.77. The molecule has 0 saturated carbocycles. The highest BCUT2D eigenvalue weighted by molar-refractivity contribution is 14.0. The molecule has 1 rings (SSSR count). The highest BCUT2D eigenvalue weighted by atomic mass is 127. The van der Waals surface area contributed by atoms with E-state index in [1.165, 1.54) is 6.42 Å². The maximum atomic E-state index is 6.05. The molecular formula is C21H39IN4O. The van der Waals surface area contributed by atoms with Gasteiger partial charge in [-0.25, -0.2) is 0 Å². The van der Waals surface area contributed by atoms with Crippen molar-refractivity contribution >= 4 is 29.9 Å². The zero-order chi connectivity index (χ0) is 19.4. The van der Waals surface area contributed by atoms with Gasteiger partial charge in [-0.15, -0.1) is 24.0 Å². The van der Waals surface area contributed by atoms with Crippen LogP contribution < -0.4 is 15.4 Å². The molecule has 5 nitrogen and oxygen atoms in total. The number of nitrogens with zero attached hydrogens (tertiary/aromatic N) is 2. The average molecular weight is 490 g/mol. The van der Waals surface area contributed by atoms with Gasteiger partial charge in [0, 0.05) is 25.7 Å². The van der Waals surface area contributed by atoms with Crippen molar-refractivity contribution in [2.45, 2.75) is 59.6 Å². The number of para-hydroxylation sites is 1. The Labute approximate surface area is 183 Å². The zero-order valence-electron chi connectivity index (χ0n) is 18.0. The molecule has 0 amide bonds. The first-order valence-corrected chi connectivity index (χ1v) is 9.83. The first kappa shape index (κ1) is 26.0. The number of hydrogen-bond acceptors (Lipinski definition) is 3. The molecule has 0 atom stereocenters. The Bertz CT molecular complexity index is 539. The predicted octanol–water partition coefficient (Wildman–Crippen LogP) is 4.27. The van der Waals surface area contributed by atoms with Crippen LogP contribution in [0.15, 0.2) is 29.3 Å². The number of halogens is 1. The van der Waals surface area contributed by atoms with Crippen molar-refractivity contribution in [3.8, 4) is 5.75 Å². The molecule has 1 aromatic rings. The summed E-state index contributed by atoms with van der Waals surface area (Å²) in [6.45, 7) is 15.7. The summed E-state index contributed by atoms with van der Waals surface area (Å²) in [5.74, 6) is 1.75. The lowest BCUT2D eigenvalue weighted by molar-refractivity contribution is 0.129. The fraction of sp³-hybridized carbons (Fsp3) is 0.667. The minimum absolute atomic E-state index is 0. The van der Waals surface area contributed by atoms with Gasteiger partial charge in [0.2, 0.25) is 0 Å². The van der Waals surface area contributed by atoms with Crippen molar-refractivity contribution < 1.29 is 4.74 Å². The summed E-state index contributed by atoms with van der Waals surface area (Å²) < 4.78 is 6.05. The third kappa shape index (κ3) is 11.4. The Balaban J connectivity index is 0.00000676. The summed E-state index contributed by atoms with van der Waals surface area (Å²) in [6, 6.07) is 8.15. The fourth-order valence-corrected chi connectivity index (χ4v) is 2.69. The maximum absolute atomic E-state index is 6.05. The monoisotopic (exact) mass is 490 g/mol. The first-order chi connectivity index (χ1) is 12.4. The second-order valence-electron chi connectivity index (χ2n) is 7.41. The number of rotatable bonds is 10. The number of hydrogen-bond donors (Lipinski definition) is 2. The van der Waals surface area contributed by atoms with Crippen LogP contribution in [-0.4, -0.2) is 49.7 Å². The van der Waals surface area contributed by atoms with Crippen LogP contribution in [0.5, 0.6) is 5.75 Å². The quantitative estimate of drug-likeness (QED) is 0.223. The standard InChI is InChI=1S/C21H38N4O.HI/c1-7-25(8-2)16-12-11-15-23-20(22-6)24-17-18-13-9-10-14-19(18)26-21(3,4)5;/h9-10,13-14H,7-8,11-12,15-17H2,1-6H3,(H2,22,23,24);1H. The van der Waals surface area contributed by atoms with Crippen LogP contribution in [0.25, 0.3) is 0 Å². The van der Waals surface area contributed by atoms with Crippen molar-refractivity contribution in [1.82, 2.24) is 15.5 Å². The van der Waals surface area contributed by atoms with Crippen molar-refractivity contribution in [1.29, 1.82) is 0 Å². The number of ether oxygens (including phenoxy) is 1. The van der Waals surface area contributed by atoms with E-state index < -0.39 is 0 Å². The van der Waals surface area contributed by atoms with Gasteiger partial charge >= 0.3 is 0 Å². The molecule has 0 aromatic heterocycles. The summed E-state index contributed by atoms with van der Waals surface area (Å²) >= 11 is 0. The third-order valence-electron chi connectivity index (χ3n) is 4.15. The van der Waals surface area contributed by atoms with Crippen LogP contribution in [0.3, 0.4) is 0 Å². The van der Waals surface area contributed by atoms with E-state index in [2.05, 4.69) is 61.2 Å². The van der Waals surface area contributed by atoms with Gasteiger partial charge in [0.15, 0.2) is 5.96 Å². The molecule has 0 aliphatic heterocycles. The summed E-state index contributed by atoms with van der Waals surface area (Å²) in [7, 11) is 1.81. The highest BCUT2D eigenvalue weighted by Crippen LogP contribution is 2.22. The van der Waals surface area contributed by atoms with Gasteiger partial charge in [-0.3, -0.25) is 4.99 Å². The van der Waals surface area contributed by atoms with Gasteiger partial charge in [0.25, 0.3) is 0 Å². The molecule has 0 radical (unpaired) electrons. The molecule has 0 aliphatic rings. The van der Waals surface area contributed by atoms with E-state index in [0.717, 1.165) is 49.9 Å². The van der Waals surface area contributed by atoms with Crippen molar-refractivity contribution in [2.24, 2.45) is 4.99 Å². The summed E-state index contributed by atoms with van der Waals surface area (Å²) in [5.41, 5.74) is 0.924. The summed E-state index contributed by atoms with van der Waals surface area (Å²) in [6.07, 6.45) is 2.34. The van der Waals surface area contributed by atoms with E-state index in [1.54, 1.807) is 0 Å². The molecule has 0 spiro atoms. The smallest absolute Gasteiger partial charge is 0.191 e. The average Bonchev–Trinajstić information content (AvgIpc) is 2.60. The topological polar surface area (TPSA) is 48.9 Å².